The summed E-state index contributed by atoms with van der Waals surface area (Å²) in [5.74, 6) is 1.60. The van der Waals surface area contributed by atoms with Gasteiger partial charge in [0.25, 0.3) is 0 Å². The molecule has 0 fully saturated rings. The zero-order chi connectivity index (χ0) is 13.2. The zero-order valence-corrected chi connectivity index (χ0v) is 13.7. The molecule has 2 aromatic rings. The van der Waals surface area contributed by atoms with E-state index in [9.17, 15) is 0 Å². The van der Waals surface area contributed by atoms with Crippen molar-refractivity contribution in [3.8, 4) is 11.5 Å². The van der Waals surface area contributed by atoms with Gasteiger partial charge in [-0.15, -0.1) is 0 Å². The summed E-state index contributed by atoms with van der Waals surface area (Å²) in [4.78, 5) is 5.45. The van der Waals surface area contributed by atoms with Crippen molar-refractivity contribution in [1.29, 1.82) is 0 Å². The van der Waals surface area contributed by atoms with Crippen LogP contribution in [0.3, 0.4) is 0 Å². The average molecular weight is 403 g/mol. The Kier molecular flexibility index (Phi) is 4.00. The first kappa shape index (κ1) is 13.3. The van der Waals surface area contributed by atoms with E-state index in [0.29, 0.717) is 13.2 Å². The molecule has 3 rings (SSSR count). The average Bonchev–Trinajstić information content (AvgIpc) is 2.42. The Labute approximate surface area is 132 Å². The molecule has 0 saturated carbocycles. The van der Waals surface area contributed by atoms with Crippen LogP contribution in [0, 0.1) is 0 Å². The number of hydrogen-bond donors (Lipinski definition) is 0. The number of benzene rings is 1. The number of halogens is 2. The second-order valence-corrected chi connectivity index (χ2v) is 6.68. The summed E-state index contributed by atoms with van der Waals surface area (Å²) in [6, 6.07) is 7.90. The highest BCUT2D eigenvalue weighted by atomic mass is 79.9. The van der Waals surface area contributed by atoms with Crippen LogP contribution >= 0.6 is 43.6 Å². The van der Waals surface area contributed by atoms with Gasteiger partial charge >= 0.3 is 0 Å². The molecule has 2 heterocycles. The molecule has 19 heavy (non-hydrogen) atoms. The number of hydrogen-bond acceptors (Lipinski definition) is 4. The van der Waals surface area contributed by atoms with Gasteiger partial charge < -0.3 is 9.47 Å². The summed E-state index contributed by atoms with van der Waals surface area (Å²) in [6.07, 6.45) is 1.78. The van der Waals surface area contributed by atoms with Crippen molar-refractivity contribution in [2.45, 2.75) is 9.92 Å². The quantitative estimate of drug-likeness (QED) is 0.738. The highest BCUT2D eigenvalue weighted by Crippen LogP contribution is 2.38. The van der Waals surface area contributed by atoms with Gasteiger partial charge in [0.1, 0.15) is 18.2 Å². The van der Waals surface area contributed by atoms with Gasteiger partial charge in [-0.1, -0.05) is 11.8 Å². The van der Waals surface area contributed by atoms with Crippen LogP contribution in [0.1, 0.15) is 0 Å². The number of nitrogens with zero attached hydrogens (tertiary/aromatic N) is 1. The third kappa shape index (κ3) is 3.07. The Bertz CT molecular complexity index is 622. The third-order valence-corrected chi connectivity index (χ3v) is 4.81. The number of aromatic nitrogens is 1. The van der Waals surface area contributed by atoms with E-state index >= 15 is 0 Å². The van der Waals surface area contributed by atoms with Gasteiger partial charge in [0.15, 0.2) is 11.5 Å². The van der Waals surface area contributed by atoms with Crippen molar-refractivity contribution in [1.82, 2.24) is 4.98 Å². The number of ether oxygens (including phenoxy) is 2. The minimum absolute atomic E-state index is 0.599. The molecule has 0 spiro atoms. The van der Waals surface area contributed by atoms with Crippen molar-refractivity contribution in [3.63, 3.8) is 0 Å². The first-order valence-electron chi connectivity index (χ1n) is 5.61. The second-order valence-electron chi connectivity index (χ2n) is 3.85. The van der Waals surface area contributed by atoms with Crippen molar-refractivity contribution >= 4 is 43.6 Å². The lowest BCUT2D eigenvalue weighted by Crippen LogP contribution is -2.15. The molecule has 0 aliphatic carbocycles. The van der Waals surface area contributed by atoms with E-state index in [2.05, 4.69) is 36.8 Å². The molecule has 0 atom stereocenters. The summed E-state index contributed by atoms with van der Waals surface area (Å²) in [5.41, 5.74) is 0. The maximum absolute atomic E-state index is 5.57. The lowest BCUT2D eigenvalue weighted by atomic mass is 10.3. The van der Waals surface area contributed by atoms with Crippen molar-refractivity contribution in [2.75, 3.05) is 13.2 Å². The van der Waals surface area contributed by atoms with Crippen LogP contribution in [0.4, 0.5) is 0 Å². The van der Waals surface area contributed by atoms with Gasteiger partial charge in [-0.2, -0.15) is 0 Å². The fourth-order valence-corrected chi connectivity index (χ4v) is 3.69. The highest BCUT2D eigenvalue weighted by molar-refractivity contribution is 9.11. The molecule has 0 N–H and O–H groups in total. The maximum atomic E-state index is 5.57. The van der Waals surface area contributed by atoms with Gasteiger partial charge in [-0.05, 0) is 56.1 Å². The van der Waals surface area contributed by atoms with Gasteiger partial charge in [0, 0.05) is 15.6 Å². The Morgan fingerprint density at radius 1 is 1.05 bits per heavy atom. The van der Waals surface area contributed by atoms with Crippen LogP contribution in [0.5, 0.6) is 11.5 Å². The van der Waals surface area contributed by atoms with E-state index in [0.717, 1.165) is 30.4 Å². The minimum atomic E-state index is 0.599. The van der Waals surface area contributed by atoms with E-state index in [4.69, 9.17) is 9.47 Å². The molecule has 0 unspecified atom stereocenters. The molecule has 6 heteroatoms. The first-order chi connectivity index (χ1) is 9.22. The van der Waals surface area contributed by atoms with Gasteiger partial charge in [0.05, 0.1) is 4.47 Å². The van der Waals surface area contributed by atoms with E-state index in [1.165, 1.54) is 0 Å². The topological polar surface area (TPSA) is 31.4 Å². The summed E-state index contributed by atoms with van der Waals surface area (Å²) >= 11 is 8.48. The van der Waals surface area contributed by atoms with Crippen LogP contribution in [0.15, 0.2) is 49.3 Å². The monoisotopic (exact) mass is 401 g/mol. The molecular weight excluding hydrogens is 394 g/mol. The van der Waals surface area contributed by atoms with Crippen LogP contribution in [-0.4, -0.2) is 18.2 Å². The molecule has 0 bridgehead atoms. The minimum Gasteiger partial charge on any atom is -0.486 e. The normalized spacial score (nSPS) is 13.4. The molecular formula is C13H9Br2NO2S. The van der Waals surface area contributed by atoms with E-state index < -0.39 is 0 Å². The van der Waals surface area contributed by atoms with E-state index in [1.54, 1.807) is 18.0 Å². The second kappa shape index (κ2) is 5.73. The Hall–Kier alpha value is -0.720. The Morgan fingerprint density at radius 3 is 2.63 bits per heavy atom. The van der Waals surface area contributed by atoms with Crippen molar-refractivity contribution in [2.24, 2.45) is 0 Å². The lowest BCUT2D eigenvalue weighted by molar-refractivity contribution is 0.171. The van der Waals surface area contributed by atoms with Gasteiger partial charge in [0.2, 0.25) is 0 Å². The maximum Gasteiger partial charge on any atom is 0.162 e. The fraction of sp³-hybridized carbons (Fsp3) is 0.154. The SMILES string of the molecule is Brc1cnc(Sc2ccc3c(c2)OCCO3)c(Br)c1. The fourth-order valence-electron chi connectivity index (χ4n) is 1.68. The predicted octanol–water partition coefficient (Wildman–Crippen LogP) is 4.53. The predicted molar refractivity (Wildman–Crippen MR) is 81.2 cm³/mol. The molecule has 1 aromatic carbocycles. The molecule has 1 aromatic heterocycles. The Balaban J connectivity index is 1.87. The van der Waals surface area contributed by atoms with Crippen LogP contribution in [0.25, 0.3) is 0 Å². The summed E-state index contributed by atoms with van der Waals surface area (Å²) in [6.45, 7) is 1.21. The first-order valence-corrected chi connectivity index (χ1v) is 8.01. The molecule has 1 aliphatic rings. The van der Waals surface area contributed by atoms with Crippen LogP contribution < -0.4 is 9.47 Å². The third-order valence-electron chi connectivity index (χ3n) is 2.50. The van der Waals surface area contributed by atoms with Gasteiger partial charge in [-0.25, -0.2) is 4.98 Å². The molecule has 1 aliphatic heterocycles. The van der Waals surface area contributed by atoms with E-state index in [-0.39, 0.29) is 0 Å². The number of fused-ring (bicyclic) bond motifs is 1. The number of rotatable bonds is 2. The van der Waals surface area contributed by atoms with Crippen LogP contribution in [-0.2, 0) is 0 Å². The highest BCUT2D eigenvalue weighted by Gasteiger charge is 2.13. The zero-order valence-electron chi connectivity index (χ0n) is 9.73. The largest absolute Gasteiger partial charge is 0.486 e. The molecule has 0 saturated heterocycles. The van der Waals surface area contributed by atoms with Crippen molar-refractivity contribution in [3.05, 3.63) is 39.4 Å². The molecule has 0 amide bonds. The summed E-state index contributed by atoms with van der Waals surface area (Å²) in [7, 11) is 0. The smallest absolute Gasteiger partial charge is 0.162 e. The molecule has 0 radical (unpaired) electrons. The molecule has 98 valence electrons. The standard InChI is InChI=1S/C13H9Br2NO2S/c14-8-5-10(15)13(16-7-8)19-9-1-2-11-12(6-9)18-4-3-17-11/h1-2,5-7H,3-4H2. The van der Waals surface area contributed by atoms with Crippen molar-refractivity contribution < 1.29 is 9.47 Å². The molecule has 3 nitrogen and oxygen atoms in total. The number of pyridine rings is 1. The lowest BCUT2D eigenvalue weighted by Gasteiger charge is -2.18. The summed E-state index contributed by atoms with van der Waals surface area (Å²) in [5, 5.41) is 0.917. The van der Waals surface area contributed by atoms with Crippen LogP contribution in [0.2, 0.25) is 0 Å². The van der Waals surface area contributed by atoms with E-state index in [1.807, 2.05) is 24.3 Å². The summed E-state index contributed by atoms with van der Waals surface area (Å²) < 4.78 is 13.0. The Morgan fingerprint density at radius 2 is 1.84 bits per heavy atom. The van der Waals surface area contributed by atoms with Gasteiger partial charge in [-0.3, -0.25) is 0 Å².